The van der Waals surface area contributed by atoms with E-state index in [1.165, 1.54) is 18.9 Å². The Morgan fingerprint density at radius 2 is 1.85 bits per heavy atom. The molecule has 27 heavy (non-hydrogen) atoms. The summed E-state index contributed by atoms with van der Waals surface area (Å²) in [6.45, 7) is 6.46. The molecule has 0 aliphatic carbocycles. The monoisotopic (exact) mass is 382 g/mol. The number of benzene rings is 2. The Bertz CT molecular complexity index is 930. The van der Waals surface area contributed by atoms with Gasteiger partial charge in [-0.05, 0) is 55.8 Å². The van der Waals surface area contributed by atoms with E-state index in [1.54, 1.807) is 29.2 Å². The summed E-state index contributed by atoms with van der Waals surface area (Å²) in [5, 5.41) is 10.9. The molecule has 1 heterocycles. The molecule has 1 fully saturated rings. The minimum absolute atomic E-state index is 0.0177. The number of amides is 1. The number of carbonyl (C=O) groups excluding carboxylic acids is 1. The zero-order valence-electron chi connectivity index (χ0n) is 15.8. The number of amidine groups is 1. The summed E-state index contributed by atoms with van der Waals surface area (Å²) in [6.07, 6.45) is 1.68. The van der Waals surface area contributed by atoms with E-state index in [0.717, 1.165) is 16.8 Å². The van der Waals surface area contributed by atoms with Crippen molar-refractivity contribution in [2.45, 2.75) is 20.8 Å². The Hall–Kier alpha value is -2.73. The van der Waals surface area contributed by atoms with E-state index in [9.17, 15) is 9.90 Å². The molecule has 0 spiro atoms. The number of aliphatic imine (C=N–C) groups is 1. The van der Waals surface area contributed by atoms with Crippen molar-refractivity contribution in [2.75, 3.05) is 13.7 Å². The highest BCUT2D eigenvalue weighted by molar-refractivity contribution is 8.18. The van der Waals surface area contributed by atoms with Gasteiger partial charge in [0, 0.05) is 12.1 Å². The van der Waals surface area contributed by atoms with Gasteiger partial charge in [0.2, 0.25) is 0 Å². The average molecular weight is 382 g/mol. The number of aryl methyl sites for hydroxylation is 2. The molecule has 1 N–H and O–H groups in total. The van der Waals surface area contributed by atoms with Crippen molar-refractivity contribution in [3.8, 4) is 11.5 Å². The van der Waals surface area contributed by atoms with Crippen LogP contribution in [0.2, 0.25) is 0 Å². The molecule has 6 heteroatoms. The quantitative estimate of drug-likeness (QED) is 0.783. The molecule has 2 aromatic rings. The molecule has 5 nitrogen and oxygen atoms in total. The first-order chi connectivity index (χ1) is 13.0. The Kier molecular flexibility index (Phi) is 5.56. The first-order valence-electron chi connectivity index (χ1n) is 8.68. The average Bonchev–Trinajstić information content (AvgIpc) is 2.94. The number of methoxy groups -OCH3 is 1. The van der Waals surface area contributed by atoms with Gasteiger partial charge in [-0.25, -0.2) is 4.99 Å². The lowest BCUT2D eigenvalue weighted by Crippen LogP contribution is -2.28. The predicted octanol–water partition coefficient (Wildman–Crippen LogP) is 4.64. The van der Waals surface area contributed by atoms with Crippen molar-refractivity contribution in [1.29, 1.82) is 0 Å². The number of hydrogen-bond acceptors (Lipinski definition) is 5. The number of ether oxygens (including phenoxy) is 1. The highest BCUT2D eigenvalue weighted by Gasteiger charge is 2.32. The molecule has 0 saturated carbocycles. The second-order valence-electron chi connectivity index (χ2n) is 6.19. The van der Waals surface area contributed by atoms with Crippen LogP contribution in [0.3, 0.4) is 0 Å². The summed E-state index contributed by atoms with van der Waals surface area (Å²) in [5.41, 5.74) is 3.55. The van der Waals surface area contributed by atoms with E-state index < -0.39 is 0 Å². The molecule has 1 amide bonds. The lowest BCUT2D eigenvalue weighted by atomic mass is 10.1. The summed E-state index contributed by atoms with van der Waals surface area (Å²) < 4.78 is 5.14. The van der Waals surface area contributed by atoms with Crippen molar-refractivity contribution in [3.63, 3.8) is 0 Å². The fourth-order valence-corrected chi connectivity index (χ4v) is 3.95. The van der Waals surface area contributed by atoms with Crippen LogP contribution in [0.5, 0.6) is 11.5 Å². The molecular formula is C21H22N2O3S. The molecule has 1 aliphatic heterocycles. The molecule has 1 aliphatic rings. The van der Waals surface area contributed by atoms with Crippen molar-refractivity contribution < 1.29 is 14.6 Å². The van der Waals surface area contributed by atoms with Gasteiger partial charge in [-0.3, -0.25) is 9.69 Å². The van der Waals surface area contributed by atoms with Crippen LogP contribution >= 0.6 is 11.8 Å². The van der Waals surface area contributed by atoms with E-state index in [0.29, 0.717) is 27.9 Å². The summed E-state index contributed by atoms with van der Waals surface area (Å²) in [6, 6.07) is 11.2. The number of aromatic hydroxyl groups is 1. The molecule has 0 aromatic heterocycles. The van der Waals surface area contributed by atoms with Crippen LogP contribution in [0.4, 0.5) is 5.69 Å². The largest absolute Gasteiger partial charge is 0.504 e. The zero-order chi connectivity index (χ0) is 19.6. The van der Waals surface area contributed by atoms with Crippen LogP contribution in [-0.2, 0) is 4.79 Å². The van der Waals surface area contributed by atoms with Crippen molar-refractivity contribution in [3.05, 3.63) is 58.0 Å². The maximum absolute atomic E-state index is 12.8. The molecule has 140 valence electrons. The lowest BCUT2D eigenvalue weighted by molar-refractivity contribution is -0.122. The number of carbonyl (C=O) groups is 1. The van der Waals surface area contributed by atoms with Gasteiger partial charge in [-0.15, -0.1) is 0 Å². The number of phenols is 1. The van der Waals surface area contributed by atoms with E-state index >= 15 is 0 Å². The van der Waals surface area contributed by atoms with Gasteiger partial charge in [0.05, 0.1) is 17.7 Å². The highest BCUT2D eigenvalue weighted by Crippen LogP contribution is 2.38. The summed E-state index contributed by atoms with van der Waals surface area (Å²) in [5.74, 6) is 0.273. The number of nitrogens with zero attached hydrogens (tertiary/aromatic N) is 2. The topological polar surface area (TPSA) is 62.1 Å². The molecule has 3 rings (SSSR count). The van der Waals surface area contributed by atoms with Crippen LogP contribution in [0.15, 0.2) is 46.3 Å². The van der Waals surface area contributed by atoms with E-state index in [1.807, 2.05) is 39.0 Å². The normalized spacial score (nSPS) is 17.2. The fourth-order valence-electron chi connectivity index (χ4n) is 2.91. The maximum atomic E-state index is 12.8. The molecule has 1 saturated heterocycles. The molecule has 0 unspecified atom stereocenters. The van der Waals surface area contributed by atoms with E-state index in [2.05, 4.69) is 0 Å². The van der Waals surface area contributed by atoms with Crippen molar-refractivity contribution >= 4 is 34.6 Å². The van der Waals surface area contributed by atoms with Crippen molar-refractivity contribution in [2.24, 2.45) is 4.99 Å². The molecule has 0 atom stereocenters. The summed E-state index contributed by atoms with van der Waals surface area (Å²) >= 11 is 1.32. The van der Waals surface area contributed by atoms with Gasteiger partial charge >= 0.3 is 0 Å². The van der Waals surface area contributed by atoms with Crippen LogP contribution in [0, 0.1) is 13.8 Å². The van der Waals surface area contributed by atoms with Gasteiger partial charge in [-0.2, -0.15) is 0 Å². The third kappa shape index (κ3) is 3.71. The maximum Gasteiger partial charge on any atom is 0.266 e. The fraction of sp³-hybridized carbons (Fsp3) is 0.238. The first-order valence-corrected chi connectivity index (χ1v) is 9.50. The molecule has 2 aromatic carbocycles. The number of rotatable bonds is 4. The smallest absolute Gasteiger partial charge is 0.266 e. The zero-order valence-corrected chi connectivity index (χ0v) is 16.6. The number of para-hydroxylation sites is 2. The second-order valence-corrected chi connectivity index (χ2v) is 7.20. The minimum Gasteiger partial charge on any atom is -0.504 e. The number of hydrogen-bond donors (Lipinski definition) is 1. The highest BCUT2D eigenvalue weighted by atomic mass is 32.2. The second kappa shape index (κ2) is 7.88. The van der Waals surface area contributed by atoms with Gasteiger partial charge in [0.1, 0.15) is 0 Å². The third-order valence-corrected chi connectivity index (χ3v) is 5.39. The summed E-state index contributed by atoms with van der Waals surface area (Å²) in [7, 11) is 1.50. The Morgan fingerprint density at radius 1 is 1.19 bits per heavy atom. The van der Waals surface area contributed by atoms with Crippen LogP contribution in [0.1, 0.15) is 23.6 Å². The third-order valence-electron chi connectivity index (χ3n) is 4.39. The molecule has 0 radical (unpaired) electrons. The van der Waals surface area contributed by atoms with Crippen LogP contribution in [-0.4, -0.2) is 34.7 Å². The lowest BCUT2D eigenvalue weighted by Gasteiger charge is -2.13. The van der Waals surface area contributed by atoms with Gasteiger partial charge < -0.3 is 9.84 Å². The Morgan fingerprint density at radius 3 is 2.48 bits per heavy atom. The first kappa shape index (κ1) is 19.0. The van der Waals surface area contributed by atoms with Gasteiger partial charge in [-0.1, -0.05) is 30.3 Å². The SMILES string of the molecule is CCN1C(=O)/C(=C\c2cccc(OC)c2O)SC1=Nc1c(C)cccc1C. The molecule has 0 bridgehead atoms. The number of likely N-dealkylation sites (N-methyl/N-ethyl adjacent to an activating group) is 1. The van der Waals surface area contributed by atoms with Crippen LogP contribution in [0.25, 0.3) is 6.08 Å². The Labute approximate surface area is 163 Å². The molecular weight excluding hydrogens is 360 g/mol. The standard InChI is InChI=1S/C21H22N2O3S/c1-5-23-20(25)17(12-15-10-7-11-16(26-4)19(15)24)27-21(23)22-18-13(2)8-6-9-14(18)3/h6-12,24H,5H2,1-4H3/b17-12+,22-21?. The van der Waals surface area contributed by atoms with Gasteiger partial charge in [0.25, 0.3) is 5.91 Å². The Balaban J connectivity index is 2.02. The van der Waals surface area contributed by atoms with E-state index in [-0.39, 0.29) is 11.7 Å². The van der Waals surface area contributed by atoms with E-state index in [4.69, 9.17) is 9.73 Å². The number of thioether (sulfide) groups is 1. The minimum atomic E-state index is -0.116. The van der Waals surface area contributed by atoms with Crippen LogP contribution < -0.4 is 4.74 Å². The summed E-state index contributed by atoms with van der Waals surface area (Å²) in [4.78, 5) is 19.8. The van der Waals surface area contributed by atoms with Crippen molar-refractivity contribution in [1.82, 2.24) is 4.90 Å². The predicted molar refractivity (Wildman–Crippen MR) is 111 cm³/mol. The van der Waals surface area contributed by atoms with Gasteiger partial charge in [0.15, 0.2) is 16.7 Å². The number of phenolic OH excluding ortho intramolecular Hbond substituents is 1.